The maximum Gasteiger partial charge on any atom is 0.103 e. The predicted molar refractivity (Wildman–Crippen MR) is 102 cm³/mol. The lowest BCUT2D eigenvalue weighted by atomic mass is 10.0. The molecule has 6 heteroatoms. The average Bonchev–Trinajstić information content (AvgIpc) is 3.24. The first-order chi connectivity index (χ1) is 12.5. The smallest absolute Gasteiger partial charge is 0.103 e. The Kier molecular flexibility index (Phi) is 5.85. The number of aromatic nitrogens is 4. The van der Waals surface area contributed by atoms with Crippen LogP contribution in [0.1, 0.15) is 42.4 Å². The second kappa shape index (κ2) is 8.29. The molecule has 2 N–H and O–H groups in total. The highest BCUT2D eigenvalue weighted by Gasteiger charge is 2.10. The molecule has 0 spiro atoms. The van der Waals surface area contributed by atoms with Gasteiger partial charge in [-0.3, -0.25) is 4.90 Å². The molecule has 0 aliphatic rings. The van der Waals surface area contributed by atoms with Crippen molar-refractivity contribution in [2.24, 2.45) is 0 Å². The van der Waals surface area contributed by atoms with E-state index >= 15 is 0 Å². The van der Waals surface area contributed by atoms with Crippen LogP contribution in [0, 0.1) is 6.92 Å². The van der Waals surface area contributed by atoms with Crippen molar-refractivity contribution in [3.63, 3.8) is 0 Å². The van der Waals surface area contributed by atoms with Gasteiger partial charge in [0.25, 0.3) is 0 Å². The van der Waals surface area contributed by atoms with Crippen LogP contribution in [0.15, 0.2) is 42.9 Å². The third-order valence-electron chi connectivity index (χ3n) is 4.43. The lowest BCUT2D eigenvalue weighted by molar-refractivity contribution is 0.183. The van der Waals surface area contributed by atoms with E-state index in [0.29, 0.717) is 12.5 Å². The van der Waals surface area contributed by atoms with Crippen molar-refractivity contribution in [3.8, 4) is 5.69 Å². The minimum absolute atomic E-state index is 0.123. The van der Waals surface area contributed by atoms with E-state index in [9.17, 15) is 5.11 Å². The second-order valence-corrected chi connectivity index (χ2v) is 6.97. The Balaban J connectivity index is 1.69. The first-order valence-corrected chi connectivity index (χ1v) is 9.02. The summed E-state index contributed by atoms with van der Waals surface area (Å²) in [5.74, 6) is 1.43. The summed E-state index contributed by atoms with van der Waals surface area (Å²) in [6.45, 7) is 8.49. The van der Waals surface area contributed by atoms with Crippen LogP contribution in [0.4, 0.5) is 0 Å². The summed E-state index contributed by atoms with van der Waals surface area (Å²) in [6.07, 6.45) is 5.78. The molecule has 2 aromatic heterocycles. The van der Waals surface area contributed by atoms with Crippen LogP contribution in [-0.2, 0) is 13.1 Å². The molecular weight excluding hydrogens is 326 g/mol. The van der Waals surface area contributed by atoms with Crippen molar-refractivity contribution in [1.29, 1.82) is 0 Å². The van der Waals surface area contributed by atoms with E-state index in [2.05, 4.69) is 58.1 Å². The molecule has 0 unspecified atom stereocenters. The Labute approximate surface area is 154 Å². The molecule has 2 heterocycles. The molecule has 0 atom stereocenters. The number of H-pyrrole nitrogens is 1. The quantitative estimate of drug-likeness (QED) is 0.653. The molecule has 0 saturated heterocycles. The van der Waals surface area contributed by atoms with E-state index in [-0.39, 0.29) is 6.61 Å². The zero-order valence-corrected chi connectivity index (χ0v) is 15.7. The molecule has 3 rings (SSSR count). The summed E-state index contributed by atoms with van der Waals surface area (Å²) in [4.78, 5) is 9.66. The van der Waals surface area contributed by atoms with Crippen LogP contribution in [-0.4, -0.2) is 42.9 Å². The van der Waals surface area contributed by atoms with Crippen molar-refractivity contribution in [2.75, 3.05) is 13.2 Å². The molecule has 26 heavy (non-hydrogen) atoms. The van der Waals surface area contributed by atoms with Crippen LogP contribution in [0.5, 0.6) is 0 Å². The van der Waals surface area contributed by atoms with Gasteiger partial charge < -0.3 is 10.1 Å². The van der Waals surface area contributed by atoms with Crippen molar-refractivity contribution in [2.45, 2.75) is 39.8 Å². The number of aromatic amines is 1. The first kappa shape index (κ1) is 18.4. The molecule has 0 bridgehead atoms. The van der Waals surface area contributed by atoms with Gasteiger partial charge in [-0.15, -0.1) is 0 Å². The Hall–Kier alpha value is -2.44. The van der Waals surface area contributed by atoms with Crippen molar-refractivity contribution in [3.05, 3.63) is 65.5 Å². The fraction of sp³-hybridized carbons (Fsp3) is 0.400. The highest BCUT2D eigenvalue weighted by molar-refractivity contribution is 5.35. The van der Waals surface area contributed by atoms with Crippen LogP contribution in [0.2, 0.25) is 0 Å². The van der Waals surface area contributed by atoms with Gasteiger partial charge in [-0.05, 0) is 30.5 Å². The lowest BCUT2D eigenvalue weighted by Gasteiger charge is -2.19. The minimum Gasteiger partial charge on any atom is -0.395 e. The highest BCUT2D eigenvalue weighted by Crippen LogP contribution is 2.17. The monoisotopic (exact) mass is 353 g/mol. The number of aryl methyl sites for hydroxylation is 1. The number of hydrogen-bond acceptors (Lipinski definition) is 4. The number of benzene rings is 1. The normalized spacial score (nSPS) is 11.6. The predicted octanol–water partition coefficient (Wildman–Crippen LogP) is 3.02. The molecule has 0 saturated carbocycles. The third-order valence-corrected chi connectivity index (χ3v) is 4.43. The van der Waals surface area contributed by atoms with Gasteiger partial charge in [0, 0.05) is 43.3 Å². The Morgan fingerprint density at radius 2 is 1.92 bits per heavy atom. The topological polar surface area (TPSA) is 70.0 Å². The Morgan fingerprint density at radius 3 is 2.54 bits per heavy atom. The molecule has 3 aromatic rings. The van der Waals surface area contributed by atoms with E-state index in [4.69, 9.17) is 0 Å². The first-order valence-electron chi connectivity index (χ1n) is 9.02. The molecule has 0 aliphatic heterocycles. The van der Waals surface area contributed by atoms with Crippen LogP contribution in [0.3, 0.4) is 0 Å². The number of nitrogens with one attached hydrogen (secondary N) is 1. The zero-order chi connectivity index (χ0) is 18.5. The van der Waals surface area contributed by atoms with E-state index in [1.165, 1.54) is 5.56 Å². The molecule has 0 aliphatic carbocycles. The van der Waals surface area contributed by atoms with Gasteiger partial charge in [0.1, 0.15) is 5.82 Å². The summed E-state index contributed by atoms with van der Waals surface area (Å²) in [5.41, 5.74) is 4.54. The van der Waals surface area contributed by atoms with Crippen LogP contribution >= 0.6 is 0 Å². The van der Waals surface area contributed by atoms with Gasteiger partial charge in [-0.1, -0.05) is 26.0 Å². The fourth-order valence-corrected chi connectivity index (χ4v) is 3.00. The summed E-state index contributed by atoms with van der Waals surface area (Å²) in [7, 11) is 0. The number of imidazole rings is 1. The van der Waals surface area contributed by atoms with E-state index in [1.807, 2.05) is 30.2 Å². The SMILES string of the molecule is Cc1ncc(CN(CCO)Cc2cnn(-c3ccc(C(C)C)cc3)c2)[nH]1. The van der Waals surface area contributed by atoms with Gasteiger partial charge in [-0.2, -0.15) is 5.10 Å². The number of hydrogen-bond donors (Lipinski definition) is 2. The maximum absolute atomic E-state index is 9.36. The molecule has 138 valence electrons. The van der Waals surface area contributed by atoms with Crippen molar-refractivity contribution < 1.29 is 5.11 Å². The zero-order valence-electron chi connectivity index (χ0n) is 15.7. The molecule has 1 aromatic carbocycles. The van der Waals surface area contributed by atoms with E-state index in [1.54, 1.807) is 0 Å². The van der Waals surface area contributed by atoms with Gasteiger partial charge in [0.05, 0.1) is 18.5 Å². The van der Waals surface area contributed by atoms with Gasteiger partial charge in [0.15, 0.2) is 0 Å². The number of rotatable bonds is 8. The summed E-state index contributed by atoms with van der Waals surface area (Å²) < 4.78 is 1.90. The third kappa shape index (κ3) is 4.59. The van der Waals surface area contributed by atoms with Gasteiger partial charge in [-0.25, -0.2) is 9.67 Å². The molecule has 0 fully saturated rings. The number of nitrogens with zero attached hydrogens (tertiary/aromatic N) is 4. The van der Waals surface area contributed by atoms with Gasteiger partial charge in [0.2, 0.25) is 0 Å². The largest absolute Gasteiger partial charge is 0.395 e. The summed E-state index contributed by atoms with van der Waals surface area (Å²) in [5, 5.41) is 13.9. The van der Waals surface area contributed by atoms with Crippen LogP contribution in [0.25, 0.3) is 5.69 Å². The second-order valence-electron chi connectivity index (χ2n) is 6.97. The average molecular weight is 353 g/mol. The van der Waals surface area contributed by atoms with E-state index in [0.717, 1.165) is 35.9 Å². The molecule has 0 amide bonds. The van der Waals surface area contributed by atoms with Crippen molar-refractivity contribution >= 4 is 0 Å². The molecular formula is C20H27N5O. The Bertz CT molecular complexity index is 819. The molecule has 0 radical (unpaired) electrons. The Morgan fingerprint density at radius 1 is 1.15 bits per heavy atom. The minimum atomic E-state index is 0.123. The van der Waals surface area contributed by atoms with E-state index < -0.39 is 0 Å². The standard InChI is InChI=1S/C20H27N5O/c1-15(2)18-4-6-20(7-5-18)25-13-17(10-22-25)12-24(8-9-26)14-19-11-21-16(3)23-19/h4-7,10-11,13,15,26H,8-9,12,14H2,1-3H3,(H,21,23). The molecule has 6 nitrogen and oxygen atoms in total. The maximum atomic E-state index is 9.36. The highest BCUT2D eigenvalue weighted by atomic mass is 16.3. The summed E-state index contributed by atoms with van der Waals surface area (Å²) in [6, 6.07) is 8.51. The van der Waals surface area contributed by atoms with Crippen molar-refractivity contribution in [1.82, 2.24) is 24.6 Å². The lowest BCUT2D eigenvalue weighted by Crippen LogP contribution is -2.26. The van der Waals surface area contributed by atoms with Gasteiger partial charge >= 0.3 is 0 Å². The number of aliphatic hydroxyl groups is 1. The fourth-order valence-electron chi connectivity index (χ4n) is 3.00. The summed E-state index contributed by atoms with van der Waals surface area (Å²) >= 11 is 0. The number of aliphatic hydroxyl groups excluding tert-OH is 1. The van der Waals surface area contributed by atoms with Crippen LogP contribution < -0.4 is 0 Å².